The number of amides is 2. The highest BCUT2D eigenvalue weighted by Crippen LogP contribution is 2.32. The van der Waals surface area contributed by atoms with Gasteiger partial charge in [-0.25, -0.2) is 4.98 Å². The van der Waals surface area contributed by atoms with Gasteiger partial charge in [0.1, 0.15) is 5.82 Å². The molecule has 7 heteroatoms. The van der Waals surface area contributed by atoms with E-state index < -0.39 is 0 Å². The number of fused-ring (bicyclic) bond motifs is 2. The summed E-state index contributed by atoms with van der Waals surface area (Å²) in [7, 11) is 1.77. The number of halogens is 1. The molecule has 0 fully saturated rings. The Morgan fingerprint density at radius 3 is 3.00 bits per heavy atom. The summed E-state index contributed by atoms with van der Waals surface area (Å²) in [6.07, 6.45) is 7.94. The Morgan fingerprint density at radius 1 is 1.34 bits per heavy atom. The average Bonchev–Trinajstić information content (AvgIpc) is 3.16. The Balaban J connectivity index is 1.51. The number of rotatable bonds is 4. The van der Waals surface area contributed by atoms with Crippen LogP contribution in [0.25, 0.3) is 17.0 Å². The first-order valence-corrected chi connectivity index (χ1v) is 9.81. The molecule has 1 unspecified atom stereocenters. The summed E-state index contributed by atoms with van der Waals surface area (Å²) in [6, 6.07) is 7.50. The molecule has 4 rings (SSSR count). The molecule has 0 saturated carbocycles. The molecular weight excluding hydrogens is 388 g/mol. The molecule has 3 aromatic rings. The molecule has 0 bridgehead atoms. The Kier molecular flexibility index (Phi) is 5.11. The smallest absolute Gasteiger partial charge is 0.246 e. The fourth-order valence-electron chi connectivity index (χ4n) is 3.55. The second-order valence-electron chi connectivity index (χ2n) is 7.19. The van der Waals surface area contributed by atoms with Gasteiger partial charge in [-0.15, -0.1) is 0 Å². The molecule has 29 heavy (non-hydrogen) atoms. The molecule has 1 atom stereocenters. The van der Waals surface area contributed by atoms with Gasteiger partial charge in [0.15, 0.2) is 0 Å². The van der Waals surface area contributed by atoms with E-state index in [9.17, 15) is 9.59 Å². The normalized spacial score (nSPS) is 14.7. The maximum Gasteiger partial charge on any atom is 0.246 e. The third-order valence-corrected chi connectivity index (χ3v) is 5.66. The minimum Gasteiger partial charge on any atom is -0.361 e. The van der Waals surface area contributed by atoms with Crippen LogP contribution in [0.2, 0.25) is 5.02 Å². The number of hydrogen-bond donors (Lipinski definition) is 2. The summed E-state index contributed by atoms with van der Waals surface area (Å²) < 4.78 is 0. The van der Waals surface area contributed by atoms with E-state index in [1.165, 1.54) is 6.08 Å². The number of nitrogens with zero attached hydrogens (tertiary/aromatic N) is 2. The van der Waals surface area contributed by atoms with Gasteiger partial charge in [0.2, 0.25) is 11.8 Å². The first kappa shape index (κ1) is 19.2. The van der Waals surface area contributed by atoms with E-state index in [1.807, 2.05) is 37.4 Å². The largest absolute Gasteiger partial charge is 0.361 e. The second kappa shape index (κ2) is 7.72. The van der Waals surface area contributed by atoms with Crippen LogP contribution in [0.15, 0.2) is 42.7 Å². The molecule has 2 N–H and O–H groups in total. The van der Waals surface area contributed by atoms with E-state index in [0.29, 0.717) is 23.7 Å². The number of likely N-dealkylation sites (N-methyl/N-ethyl adjacent to an activating group) is 1. The zero-order chi connectivity index (χ0) is 20.5. The third kappa shape index (κ3) is 3.76. The molecular formula is C22H21ClN4O2. The second-order valence-corrected chi connectivity index (χ2v) is 7.60. The third-order valence-electron chi connectivity index (χ3n) is 5.35. The van der Waals surface area contributed by atoms with Crippen LogP contribution in [0.5, 0.6) is 0 Å². The molecule has 0 spiro atoms. The van der Waals surface area contributed by atoms with Crippen molar-refractivity contribution in [1.29, 1.82) is 0 Å². The molecule has 0 aliphatic carbocycles. The van der Waals surface area contributed by atoms with Crippen LogP contribution in [-0.4, -0.2) is 33.7 Å². The van der Waals surface area contributed by atoms with Crippen LogP contribution in [0.1, 0.15) is 36.1 Å². The highest BCUT2D eigenvalue weighted by atomic mass is 35.5. The number of benzene rings is 1. The van der Waals surface area contributed by atoms with Crippen molar-refractivity contribution in [2.75, 3.05) is 12.4 Å². The van der Waals surface area contributed by atoms with Crippen molar-refractivity contribution < 1.29 is 9.59 Å². The lowest BCUT2D eigenvalue weighted by atomic mass is 10.0. The van der Waals surface area contributed by atoms with Crippen LogP contribution in [0, 0.1) is 0 Å². The number of hydrogen-bond acceptors (Lipinski definition) is 3. The molecule has 2 amide bonds. The van der Waals surface area contributed by atoms with Crippen LogP contribution in [0.4, 0.5) is 5.82 Å². The number of carbonyl (C=O) groups is 2. The van der Waals surface area contributed by atoms with E-state index in [0.717, 1.165) is 27.6 Å². The average molecular weight is 409 g/mol. The predicted molar refractivity (Wildman–Crippen MR) is 115 cm³/mol. The lowest BCUT2D eigenvalue weighted by Gasteiger charge is -2.23. The maximum absolute atomic E-state index is 12.7. The van der Waals surface area contributed by atoms with Gasteiger partial charge >= 0.3 is 0 Å². The Labute approximate surface area is 173 Å². The van der Waals surface area contributed by atoms with Crippen LogP contribution in [0.3, 0.4) is 0 Å². The van der Waals surface area contributed by atoms with Crippen molar-refractivity contribution in [3.05, 3.63) is 64.4 Å². The highest BCUT2D eigenvalue weighted by molar-refractivity contribution is 6.35. The molecule has 0 radical (unpaired) electrons. The minimum atomic E-state index is -0.155. The van der Waals surface area contributed by atoms with Crippen LogP contribution >= 0.6 is 11.6 Å². The van der Waals surface area contributed by atoms with Crippen molar-refractivity contribution in [2.24, 2.45) is 0 Å². The van der Waals surface area contributed by atoms with E-state index in [1.54, 1.807) is 24.2 Å². The van der Waals surface area contributed by atoms with Gasteiger partial charge in [-0.3, -0.25) is 9.59 Å². The summed E-state index contributed by atoms with van der Waals surface area (Å²) in [5, 5.41) is 4.35. The Morgan fingerprint density at radius 2 is 2.17 bits per heavy atom. The highest BCUT2D eigenvalue weighted by Gasteiger charge is 2.20. The number of nitrogens with one attached hydrogen (secondary N) is 2. The first-order valence-electron chi connectivity index (χ1n) is 9.43. The van der Waals surface area contributed by atoms with Gasteiger partial charge in [0.05, 0.1) is 11.1 Å². The molecule has 3 heterocycles. The number of anilines is 1. The van der Waals surface area contributed by atoms with Gasteiger partial charge in [-0.1, -0.05) is 17.7 Å². The lowest BCUT2D eigenvalue weighted by molar-refractivity contribution is -0.126. The minimum absolute atomic E-state index is 0.0172. The van der Waals surface area contributed by atoms with Crippen LogP contribution in [-0.2, 0) is 16.0 Å². The summed E-state index contributed by atoms with van der Waals surface area (Å²) in [4.78, 5) is 33.3. The van der Waals surface area contributed by atoms with Gasteiger partial charge in [-0.05, 0) is 48.7 Å². The molecule has 1 aromatic carbocycles. The number of aryl methyl sites for hydroxylation is 1. The fraction of sp³-hybridized carbons (Fsp3) is 0.227. The molecule has 6 nitrogen and oxygen atoms in total. The van der Waals surface area contributed by atoms with Crippen LogP contribution < -0.4 is 5.32 Å². The van der Waals surface area contributed by atoms with Gasteiger partial charge in [0.25, 0.3) is 0 Å². The van der Waals surface area contributed by atoms with Crippen molar-refractivity contribution in [3.63, 3.8) is 0 Å². The van der Waals surface area contributed by atoms with E-state index in [4.69, 9.17) is 11.6 Å². The van der Waals surface area contributed by atoms with Crippen molar-refractivity contribution in [3.8, 4) is 0 Å². The zero-order valence-electron chi connectivity index (χ0n) is 16.2. The standard InChI is InChI=1S/C22H21ClN4O2/c1-13(16-12-24-18-5-3-4-17(23)21(16)18)27(2)20(29)9-6-14-10-15-7-8-19(28)26-22(15)25-11-14/h3-6,9-13,24H,7-8H2,1-2H3,(H,25,26,28)/b9-6+. The molecule has 2 aromatic heterocycles. The summed E-state index contributed by atoms with van der Waals surface area (Å²) >= 11 is 6.37. The lowest BCUT2D eigenvalue weighted by Crippen LogP contribution is -2.27. The van der Waals surface area contributed by atoms with Gasteiger partial charge in [-0.2, -0.15) is 0 Å². The topological polar surface area (TPSA) is 78.1 Å². The summed E-state index contributed by atoms with van der Waals surface area (Å²) in [6.45, 7) is 1.97. The van der Waals surface area contributed by atoms with E-state index in [2.05, 4.69) is 15.3 Å². The maximum atomic E-state index is 12.7. The first-order chi connectivity index (χ1) is 13.9. The SMILES string of the molecule is CC(c1c[nH]c2cccc(Cl)c12)N(C)C(=O)/C=C/c1cnc2c(c1)CCC(=O)N2. The molecule has 1 aliphatic rings. The number of aromatic nitrogens is 2. The summed E-state index contributed by atoms with van der Waals surface area (Å²) in [5.41, 5.74) is 3.72. The molecule has 0 saturated heterocycles. The van der Waals surface area contributed by atoms with Crippen molar-refractivity contribution in [2.45, 2.75) is 25.8 Å². The fourth-order valence-corrected chi connectivity index (χ4v) is 3.83. The number of carbonyl (C=O) groups excluding carboxylic acids is 2. The molecule has 1 aliphatic heterocycles. The summed E-state index contributed by atoms with van der Waals surface area (Å²) in [5.74, 6) is 0.466. The Bertz CT molecular complexity index is 1140. The zero-order valence-corrected chi connectivity index (χ0v) is 17.0. The van der Waals surface area contributed by atoms with Gasteiger partial charge < -0.3 is 15.2 Å². The number of pyridine rings is 1. The predicted octanol–water partition coefficient (Wildman–Crippen LogP) is 4.33. The monoisotopic (exact) mass is 408 g/mol. The number of aromatic amines is 1. The Hall–Kier alpha value is -3.12. The van der Waals surface area contributed by atoms with Crippen molar-refractivity contribution in [1.82, 2.24) is 14.9 Å². The van der Waals surface area contributed by atoms with Gasteiger partial charge in [0, 0.05) is 48.4 Å². The quantitative estimate of drug-likeness (QED) is 0.630. The van der Waals surface area contributed by atoms with Crippen molar-refractivity contribution >= 4 is 46.2 Å². The molecule has 148 valence electrons. The number of H-pyrrole nitrogens is 1. The van der Waals surface area contributed by atoms with E-state index in [-0.39, 0.29) is 17.9 Å². The van der Waals surface area contributed by atoms with E-state index >= 15 is 0 Å².